The molecule has 0 aliphatic heterocycles. The molecular weight excluding hydrogens is 238 g/mol. The largest absolute Gasteiger partial charge is 0.469 e. The third kappa shape index (κ3) is 3.47. The van der Waals surface area contributed by atoms with Crippen molar-refractivity contribution in [2.45, 2.75) is 39.2 Å². The van der Waals surface area contributed by atoms with E-state index in [-0.39, 0.29) is 6.04 Å². The van der Waals surface area contributed by atoms with E-state index in [2.05, 4.69) is 36.4 Å². The Labute approximate surface area is 114 Å². The van der Waals surface area contributed by atoms with E-state index in [0.717, 1.165) is 37.3 Å². The van der Waals surface area contributed by atoms with Crippen molar-refractivity contribution in [3.8, 4) is 0 Å². The van der Waals surface area contributed by atoms with Crippen LogP contribution in [-0.4, -0.2) is 16.3 Å². The SMILES string of the molecule is CCCNC(Cc1ccn(C)n1)c1ccoc1CC. The van der Waals surface area contributed by atoms with Crippen LogP contribution in [0.3, 0.4) is 0 Å². The van der Waals surface area contributed by atoms with Crippen LogP contribution in [0.25, 0.3) is 0 Å². The molecule has 1 unspecified atom stereocenters. The van der Waals surface area contributed by atoms with Gasteiger partial charge in [-0.05, 0) is 25.1 Å². The van der Waals surface area contributed by atoms with Crippen LogP contribution in [0.4, 0.5) is 0 Å². The van der Waals surface area contributed by atoms with E-state index < -0.39 is 0 Å². The minimum atomic E-state index is 0.281. The van der Waals surface area contributed by atoms with Gasteiger partial charge < -0.3 is 9.73 Å². The first-order valence-corrected chi connectivity index (χ1v) is 7.02. The van der Waals surface area contributed by atoms with Crippen molar-refractivity contribution in [2.75, 3.05) is 6.54 Å². The van der Waals surface area contributed by atoms with Crippen LogP contribution >= 0.6 is 0 Å². The Hall–Kier alpha value is -1.55. The molecule has 104 valence electrons. The Bertz CT molecular complexity index is 501. The van der Waals surface area contributed by atoms with Gasteiger partial charge >= 0.3 is 0 Å². The first kappa shape index (κ1) is 13.9. The number of hydrogen-bond acceptors (Lipinski definition) is 3. The summed E-state index contributed by atoms with van der Waals surface area (Å²) >= 11 is 0. The zero-order chi connectivity index (χ0) is 13.7. The molecule has 0 aliphatic carbocycles. The van der Waals surface area contributed by atoms with E-state index >= 15 is 0 Å². The van der Waals surface area contributed by atoms with E-state index in [0.29, 0.717) is 0 Å². The summed E-state index contributed by atoms with van der Waals surface area (Å²) in [5, 5.41) is 8.07. The molecule has 2 aromatic rings. The predicted molar refractivity (Wildman–Crippen MR) is 76.0 cm³/mol. The maximum Gasteiger partial charge on any atom is 0.108 e. The zero-order valence-electron chi connectivity index (χ0n) is 12.0. The Balaban J connectivity index is 2.15. The number of hydrogen-bond donors (Lipinski definition) is 1. The summed E-state index contributed by atoms with van der Waals surface area (Å²) in [4.78, 5) is 0. The molecule has 0 bridgehead atoms. The van der Waals surface area contributed by atoms with Crippen LogP contribution in [0, 0.1) is 0 Å². The van der Waals surface area contributed by atoms with Crippen LogP contribution in [-0.2, 0) is 19.9 Å². The molecule has 0 spiro atoms. The summed E-state index contributed by atoms with van der Waals surface area (Å²) in [5.41, 5.74) is 2.38. The second kappa shape index (κ2) is 6.57. The van der Waals surface area contributed by atoms with E-state index in [4.69, 9.17) is 4.42 Å². The minimum absolute atomic E-state index is 0.281. The fraction of sp³-hybridized carbons (Fsp3) is 0.533. The third-order valence-electron chi connectivity index (χ3n) is 3.30. The molecule has 0 aliphatic rings. The molecule has 0 fully saturated rings. The topological polar surface area (TPSA) is 43.0 Å². The summed E-state index contributed by atoms with van der Waals surface area (Å²) in [6, 6.07) is 4.44. The van der Waals surface area contributed by atoms with Crippen molar-refractivity contribution in [2.24, 2.45) is 7.05 Å². The third-order valence-corrected chi connectivity index (χ3v) is 3.30. The highest BCUT2D eigenvalue weighted by molar-refractivity contribution is 5.23. The summed E-state index contributed by atoms with van der Waals surface area (Å²) < 4.78 is 7.40. The quantitative estimate of drug-likeness (QED) is 0.833. The van der Waals surface area contributed by atoms with Gasteiger partial charge in [0.25, 0.3) is 0 Å². The van der Waals surface area contributed by atoms with Crippen LogP contribution in [0.15, 0.2) is 29.0 Å². The van der Waals surface area contributed by atoms with Gasteiger partial charge in [0.1, 0.15) is 5.76 Å². The van der Waals surface area contributed by atoms with Crippen LogP contribution in [0.2, 0.25) is 0 Å². The molecule has 0 saturated heterocycles. The highest BCUT2D eigenvalue weighted by Gasteiger charge is 2.18. The van der Waals surface area contributed by atoms with Crippen LogP contribution in [0.1, 0.15) is 43.3 Å². The van der Waals surface area contributed by atoms with Gasteiger partial charge in [0.05, 0.1) is 12.0 Å². The van der Waals surface area contributed by atoms with Gasteiger partial charge in [-0.2, -0.15) is 5.10 Å². The van der Waals surface area contributed by atoms with E-state index in [1.807, 2.05) is 17.9 Å². The van der Waals surface area contributed by atoms with Crippen molar-refractivity contribution < 1.29 is 4.42 Å². The normalized spacial score (nSPS) is 12.8. The maximum absolute atomic E-state index is 5.55. The van der Waals surface area contributed by atoms with Gasteiger partial charge in [-0.25, -0.2) is 0 Å². The Morgan fingerprint density at radius 1 is 1.37 bits per heavy atom. The van der Waals surface area contributed by atoms with Gasteiger partial charge in [-0.1, -0.05) is 13.8 Å². The van der Waals surface area contributed by atoms with Gasteiger partial charge in [0, 0.05) is 37.7 Å². The van der Waals surface area contributed by atoms with Gasteiger partial charge in [-0.15, -0.1) is 0 Å². The molecule has 4 nitrogen and oxygen atoms in total. The molecule has 2 heterocycles. The Morgan fingerprint density at radius 3 is 2.84 bits per heavy atom. The summed E-state index contributed by atoms with van der Waals surface area (Å²) in [6.07, 6.45) is 6.72. The molecule has 4 heteroatoms. The molecule has 0 saturated carbocycles. The molecular formula is C15H23N3O. The minimum Gasteiger partial charge on any atom is -0.469 e. The monoisotopic (exact) mass is 261 g/mol. The molecule has 0 amide bonds. The number of nitrogens with one attached hydrogen (secondary N) is 1. The lowest BCUT2D eigenvalue weighted by Crippen LogP contribution is -2.24. The zero-order valence-corrected chi connectivity index (χ0v) is 12.0. The molecule has 1 N–H and O–H groups in total. The fourth-order valence-corrected chi connectivity index (χ4v) is 2.34. The van der Waals surface area contributed by atoms with Crippen LogP contribution in [0.5, 0.6) is 0 Å². The summed E-state index contributed by atoms with van der Waals surface area (Å²) in [7, 11) is 1.95. The number of nitrogens with zero attached hydrogens (tertiary/aromatic N) is 2. The summed E-state index contributed by atoms with van der Waals surface area (Å²) in [5.74, 6) is 1.07. The lowest BCUT2D eigenvalue weighted by molar-refractivity contribution is 0.479. The number of rotatable bonds is 7. The maximum atomic E-state index is 5.55. The highest BCUT2D eigenvalue weighted by Crippen LogP contribution is 2.23. The average Bonchev–Trinajstić information content (AvgIpc) is 3.03. The highest BCUT2D eigenvalue weighted by atomic mass is 16.3. The second-order valence-corrected chi connectivity index (χ2v) is 4.84. The number of furan rings is 1. The molecule has 19 heavy (non-hydrogen) atoms. The molecule has 1 atom stereocenters. The smallest absolute Gasteiger partial charge is 0.108 e. The van der Waals surface area contributed by atoms with Gasteiger partial charge in [0.2, 0.25) is 0 Å². The lowest BCUT2D eigenvalue weighted by atomic mass is 10.0. The number of aryl methyl sites for hydroxylation is 2. The first-order chi connectivity index (χ1) is 9.24. The molecule has 2 aromatic heterocycles. The van der Waals surface area contributed by atoms with E-state index in [1.165, 1.54) is 5.56 Å². The van der Waals surface area contributed by atoms with Crippen molar-refractivity contribution in [1.29, 1.82) is 0 Å². The Morgan fingerprint density at radius 2 is 2.21 bits per heavy atom. The van der Waals surface area contributed by atoms with E-state index in [1.54, 1.807) is 6.26 Å². The van der Waals surface area contributed by atoms with Crippen LogP contribution < -0.4 is 5.32 Å². The first-order valence-electron chi connectivity index (χ1n) is 7.02. The van der Waals surface area contributed by atoms with Crippen molar-refractivity contribution >= 4 is 0 Å². The number of aromatic nitrogens is 2. The van der Waals surface area contributed by atoms with Gasteiger partial charge in [-0.3, -0.25) is 4.68 Å². The molecule has 0 aromatic carbocycles. The predicted octanol–water partition coefficient (Wildman–Crippen LogP) is 2.86. The summed E-state index contributed by atoms with van der Waals surface area (Å²) in [6.45, 7) is 5.31. The average molecular weight is 261 g/mol. The fourth-order valence-electron chi connectivity index (χ4n) is 2.34. The lowest BCUT2D eigenvalue weighted by Gasteiger charge is -2.17. The molecule has 2 rings (SSSR count). The van der Waals surface area contributed by atoms with Gasteiger partial charge in [0.15, 0.2) is 0 Å². The van der Waals surface area contributed by atoms with Crippen molar-refractivity contribution in [3.63, 3.8) is 0 Å². The van der Waals surface area contributed by atoms with E-state index in [9.17, 15) is 0 Å². The van der Waals surface area contributed by atoms with Crippen molar-refractivity contribution in [3.05, 3.63) is 41.6 Å². The van der Waals surface area contributed by atoms with Crippen molar-refractivity contribution in [1.82, 2.24) is 15.1 Å². The molecule has 0 radical (unpaired) electrons. The standard InChI is InChI=1S/C15H23N3O/c1-4-8-16-14(11-12-6-9-18(3)17-12)13-7-10-19-15(13)5-2/h6-7,9-10,14,16H,4-5,8,11H2,1-3H3. The second-order valence-electron chi connectivity index (χ2n) is 4.84. The Kier molecular flexibility index (Phi) is 4.80.